The van der Waals surface area contributed by atoms with Crippen LogP contribution in [-0.2, 0) is 0 Å². The van der Waals surface area contributed by atoms with Gasteiger partial charge >= 0.3 is 0 Å². The number of anilines is 1. The quantitative estimate of drug-likeness (QED) is 0.941. The minimum atomic E-state index is 0.533. The van der Waals surface area contributed by atoms with Crippen LogP contribution in [0.5, 0.6) is 0 Å². The Hall–Kier alpha value is -1.10. The Kier molecular flexibility index (Phi) is 2.59. The Bertz CT molecular complexity index is 613. The highest BCUT2D eigenvalue weighted by Crippen LogP contribution is 2.53. The number of nitrogens with one attached hydrogen (secondary N) is 1. The molecule has 0 aliphatic heterocycles. The van der Waals surface area contributed by atoms with E-state index in [-0.39, 0.29) is 0 Å². The van der Waals surface area contributed by atoms with Crippen molar-refractivity contribution in [3.63, 3.8) is 0 Å². The summed E-state index contributed by atoms with van der Waals surface area (Å²) in [7, 11) is 0. The van der Waals surface area contributed by atoms with Gasteiger partial charge < -0.3 is 5.32 Å². The summed E-state index contributed by atoms with van der Waals surface area (Å²) >= 11 is 3.55. The van der Waals surface area contributed by atoms with Gasteiger partial charge in [-0.25, -0.2) is 9.50 Å². The number of fused-ring (bicyclic) bond motifs is 3. The molecule has 0 atom stereocenters. The number of hydrogen-bond donors (Lipinski definition) is 1. The number of rotatable bonds is 3. The second-order valence-corrected chi connectivity index (χ2v) is 6.92. The fraction of sp³-hybridized carbons (Fsp3) is 0.571. The maximum Gasteiger partial charge on any atom is 0.153 e. The van der Waals surface area contributed by atoms with E-state index in [1.807, 2.05) is 16.9 Å². The van der Waals surface area contributed by atoms with Crippen LogP contribution in [-0.4, -0.2) is 21.1 Å². The molecule has 0 spiro atoms. The SMILES string of the molecule is Brc1cnn2ccnc(NCC34CCC(CC3)C4)c12. The summed E-state index contributed by atoms with van der Waals surface area (Å²) in [4.78, 5) is 4.48. The molecule has 100 valence electrons. The Morgan fingerprint density at radius 2 is 2.26 bits per heavy atom. The van der Waals surface area contributed by atoms with Gasteiger partial charge in [-0.15, -0.1) is 0 Å². The van der Waals surface area contributed by atoms with E-state index in [1.165, 1.54) is 32.1 Å². The first-order chi connectivity index (χ1) is 9.26. The summed E-state index contributed by atoms with van der Waals surface area (Å²) < 4.78 is 2.86. The zero-order valence-electron chi connectivity index (χ0n) is 10.8. The van der Waals surface area contributed by atoms with E-state index >= 15 is 0 Å². The molecule has 19 heavy (non-hydrogen) atoms. The van der Waals surface area contributed by atoms with Gasteiger partial charge in [0.05, 0.1) is 10.7 Å². The van der Waals surface area contributed by atoms with Gasteiger partial charge in [0.15, 0.2) is 5.82 Å². The molecule has 2 fully saturated rings. The molecule has 2 saturated carbocycles. The molecule has 0 saturated heterocycles. The molecule has 2 aliphatic carbocycles. The minimum absolute atomic E-state index is 0.533. The van der Waals surface area contributed by atoms with Crippen LogP contribution >= 0.6 is 15.9 Å². The van der Waals surface area contributed by atoms with Crippen LogP contribution in [0.1, 0.15) is 32.1 Å². The number of aromatic nitrogens is 3. The molecule has 0 radical (unpaired) electrons. The van der Waals surface area contributed by atoms with Gasteiger partial charge in [-0.2, -0.15) is 5.10 Å². The maximum absolute atomic E-state index is 4.48. The zero-order valence-corrected chi connectivity index (χ0v) is 12.4. The summed E-state index contributed by atoms with van der Waals surface area (Å²) in [5.74, 6) is 1.93. The van der Waals surface area contributed by atoms with Crippen molar-refractivity contribution in [1.82, 2.24) is 14.6 Å². The molecule has 2 aromatic rings. The predicted molar refractivity (Wildman–Crippen MR) is 78.2 cm³/mol. The Morgan fingerprint density at radius 1 is 1.42 bits per heavy atom. The molecular formula is C14H17BrN4. The van der Waals surface area contributed by atoms with Crippen molar-refractivity contribution < 1.29 is 0 Å². The summed E-state index contributed by atoms with van der Waals surface area (Å²) in [6, 6.07) is 0. The second-order valence-electron chi connectivity index (χ2n) is 6.06. The molecule has 2 bridgehead atoms. The fourth-order valence-electron chi connectivity index (χ4n) is 3.87. The lowest BCUT2D eigenvalue weighted by atomic mass is 9.84. The third kappa shape index (κ3) is 1.86. The topological polar surface area (TPSA) is 42.2 Å². The lowest BCUT2D eigenvalue weighted by Crippen LogP contribution is -2.25. The molecule has 2 aliphatic rings. The van der Waals surface area contributed by atoms with Crippen molar-refractivity contribution in [3.8, 4) is 0 Å². The first-order valence-corrected chi connectivity index (χ1v) is 7.77. The molecular weight excluding hydrogens is 304 g/mol. The van der Waals surface area contributed by atoms with Crippen molar-refractivity contribution in [2.24, 2.45) is 11.3 Å². The van der Waals surface area contributed by atoms with E-state index < -0.39 is 0 Å². The van der Waals surface area contributed by atoms with Gasteiger partial charge in [-0.05, 0) is 59.4 Å². The monoisotopic (exact) mass is 320 g/mol. The summed E-state index contributed by atoms with van der Waals surface area (Å²) in [6.45, 7) is 1.05. The molecule has 0 amide bonds. The molecule has 2 heterocycles. The van der Waals surface area contributed by atoms with E-state index in [0.717, 1.165) is 28.3 Å². The summed E-state index contributed by atoms with van der Waals surface area (Å²) in [5, 5.41) is 7.87. The third-order valence-electron chi connectivity index (χ3n) is 4.90. The van der Waals surface area contributed by atoms with Crippen molar-refractivity contribution in [2.45, 2.75) is 32.1 Å². The smallest absolute Gasteiger partial charge is 0.153 e. The normalized spacial score (nSPS) is 29.2. The van der Waals surface area contributed by atoms with Gasteiger partial charge in [0.25, 0.3) is 0 Å². The summed E-state index contributed by atoms with van der Waals surface area (Å²) in [5.41, 5.74) is 1.57. The van der Waals surface area contributed by atoms with Crippen molar-refractivity contribution in [1.29, 1.82) is 0 Å². The first kappa shape index (κ1) is 11.7. The molecule has 0 aromatic carbocycles. The lowest BCUT2D eigenvalue weighted by molar-refractivity contribution is 0.316. The Balaban J connectivity index is 1.60. The molecule has 1 N–H and O–H groups in total. The molecule has 4 rings (SSSR count). The van der Waals surface area contributed by atoms with Crippen molar-refractivity contribution in [2.75, 3.05) is 11.9 Å². The number of nitrogens with zero attached hydrogens (tertiary/aromatic N) is 3. The third-order valence-corrected chi connectivity index (χ3v) is 5.49. The van der Waals surface area contributed by atoms with Gasteiger partial charge in [0, 0.05) is 18.9 Å². The minimum Gasteiger partial charge on any atom is -0.368 e. The van der Waals surface area contributed by atoms with Gasteiger partial charge in [0.1, 0.15) is 5.52 Å². The van der Waals surface area contributed by atoms with E-state index in [9.17, 15) is 0 Å². The van der Waals surface area contributed by atoms with E-state index in [1.54, 1.807) is 6.20 Å². The largest absolute Gasteiger partial charge is 0.368 e. The highest BCUT2D eigenvalue weighted by molar-refractivity contribution is 9.10. The maximum atomic E-state index is 4.48. The van der Waals surface area contributed by atoms with Crippen LogP contribution in [0, 0.1) is 11.3 Å². The highest BCUT2D eigenvalue weighted by atomic mass is 79.9. The average Bonchev–Trinajstić information content (AvgIpc) is 3.12. The highest BCUT2D eigenvalue weighted by Gasteiger charge is 2.44. The van der Waals surface area contributed by atoms with E-state index in [4.69, 9.17) is 0 Å². The Labute approximate surface area is 120 Å². The first-order valence-electron chi connectivity index (χ1n) is 6.98. The van der Waals surface area contributed by atoms with Gasteiger partial charge in [-0.3, -0.25) is 0 Å². The van der Waals surface area contributed by atoms with Crippen LogP contribution in [0.15, 0.2) is 23.1 Å². The van der Waals surface area contributed by atoms with Crippen LogP contribution in [0.2, 0.25) is 0 Å². The van der Waals surface area contributed by atoms with Crippen LogP contribution in [0.4, 0.5) is 5.82 Å². The second kappa shape index (κ2) is 4.20. The lowest BCUT2D eigenvalue weighted by Gasteiger charge is -2.27. The molecule has 4 nitrogen and oxygen atoms in total. The number of halogens is 1. The van der Waals surface area contributed by atoms with E-state index in [0.29, 0.717) is 5.41 Å². The zero-order chi connectivity index (χ0) is 12.9. The van der Waals surface area contributed by atoms with Crippen LogP contribution < -0.4 is 5.32 Å². The van der Waals surface area contributed by atoms with Crippen molar-refractivity contribution in [3.05, 3.63) is 23.1 Å². The van der Waals surface area contributed by atoms with Gasteiger partial charge in [-0.1, -0.05) is 0 Å². The average molecular weight is 321 g/mol. The predicted octanol–water partition coefficient (Wildman–Crippen LogP) is 3.48. The molecule has 2 aromatic heterocycles. The van der Waals surface area contributed by atoms with Gasteiger partial charge in [0.2, 0.25) is 0 Å². The summed E-state index contributed by atoms with van der Waals surface area (Å²) in [6.07, 6.45) is 12.5. The number of hydrogen-bond acceptors (Lipinski definition) is 3. The van der Waals surface area contributed by atoms with E-state index in [2.05, 4.69) is 31.3 Å². The Morgan fingerprint density at radius 3 is 3.00 bits per heavy atom. The molecule has 0 unspecified atom stereocenters. The fourth-order valence-corrected chi connectivity index (χ4v) is 4.33. The van der Waals surface area contributed by atoms with Crippen molar-refractivity contribution >= 4 is 27.3 Å². The van der Waals surface area contributed by atoms with Crippen LogP contribution in [0.25, 0.3) is 5.52 Å². The van der Waals surface area contributed by atoms with Crippen LogP contribution in [0.3, 0.4) is 0 Å². The standard InChI is InChI=1S/C14H17BrN4/c15-11-8-18-19-6-5-16-13(12(11)19)17-9-14-3-1-10(7-14)2-4-14/h5-6,8,10H,1-4,7,9H2,(H,16,17). The molecule has 5 heteroatoms.